The fourth-order valence-corrected chi connectivity index (χ4v) is 2.67. The molecule has 0 aliphatic heterocycles. The summed E-state index contributed by atoms with van der Waals surface area (Å²) in [6.45, 7) is 1.43. The van der Waals surface area contributed by atoms with Gasteiger partial charge in [0.15, 0.2) is 0 Å². The van der Waals surface area contributed by atoms with Crippen molar-refractivity contribution in [1.82, 2.24) is 9.55 Å². The highest BCUT2D eigenvalue weighted by atomic mass is 35.5. The molecular weight excluding hydrogens is 302 g/mol. The molecule has 0 atom stereocenters. The van der Waals surface area contributed by atoms with Crippen molar-refractivity contribution in [2.75, 3.05) is 5.32 Å². The Kier molecular flexibility index (Phi) is 3.50. The highest BCUT2D eigenvalue weighted by molar-refractivity contribution is 6.32. The van der Waals surface area contributed by atoms with E-state index in [9.17, 15) is 9.59 Å². The minimum absolute atomic E-state index is 0.117. The van der Waals surface area contributed by atoms with Crippen LogP contribution in [0.5, 0.6) is 0 Å². The van der Waals surface area contributed by atoms with Crippen LogP contribution in [0.1, 0.15) is 23.1 Å². The summed E-state index contributed by atoms with van der Waals surface area (Å²) in [4.78, 5) is 26.9. The van der Waals surface area contributed by atoms with E-state index in [1.807, 2.05) is 19.3 Å². The van der Waals surface area contributed by atoms with E-state index in [0.29, 0.717) is 27.6 Å². The van der Waals surface area contributed by atoms with Gasteiger partial charge in [0.2, 0.25) is 11.7 Å². The number of anilines is 1. The van der Waals surface area contributed by atoms with Gasteiger partial charge in [-0.3, -0.25) is 9.59 Å². The predicted molar refractivity (Wildman–Crippen MR) is 86.5 cm³/mol. The number of hydrogen-bond donors (Lipinski definition) is 2. The van der Waals surface area contributed by atoms with E-state index in [1.54, 1.807) is 28.8 Å². The fourth-order valence-electron chi connectivity index (χ4n) is 2.45. The van der Waals surface area contributed by atoms with Crippen molar-refractivity contribution >= 4 is 39.9 Å². The number of fused-ring (bicyclic) bond motifs is 1. The largest absolute Gasteiger partial charge is 0.352 e. The molecule has 22 heavy (non-hydrogen) atoms. The molecule has 0 aliphatic carbocycles. The number of aromatic amines is 1. The number of benzene rings is 1. The van der Waals surface area contributed by atoms with E-state index in [-0.39, 0.29) is 11.7 Å². The lowest BCUT2D eigenvalue weighted by Gasteiger charge is -2.04. The molecule has 2 heterocycles. The highest BCUT2D eigenvalue weighted by Crippen LogP contribution is 2.29. The molecule has 1 aromatic carbocycles. The maximum Gasteiger partial charge on any atom is 0.225 e. The zero-order valence-corrected chi connectivity index (χ0v) is 12.9. The second-order valence-corrected chi connectivity index (χ2v) is 5.55. The third-order valence-electron chi connectivity index (χ3n) is 3.43. The number of halogens is 1. The van der Waals surface area contributed by atoms with Gasteiger partial charge in [0, 0.05) is 36.1 Å². The molecule has 0 unspecified atom stereocenters. The summed E-state index contributed by atoms with van der Waals surface area (Å²) >= 11 is 6.06. The summed E-state index contributed by atoms with van der Waals surface area (Å²) in [5.74, 6) is -0.311. The van der Waals surface area contributed by atoms with Gasteiger partial charge in [-0.2, -0.15) is 0 Å². The number of nitrogens with one attached hydrogen (secondary N) is 2. The molecule has 2 N–H and O–H groups in total. The van der Waals surface area contributed by atoms with Crippen molar-refractivity contribution < 1.29 is 9.59 Å². The van der Waals surface area contributed by atoms with Gasteiger partial charge >= 0.3 is 0 Å². The molecule has 0 bridgehead atoms. The first-order valence-electron chi connectivity index (χ1n) is 6.71. The third kappa shape index (κ3) is 2.51. The van der Waals surface area contributed by atoms with Crippen molar-refractivity contribution in [3.63, 3.8) is 0 Å². The van der Waals surface area contributed by atoms with Gasteiger partial charge in [-0.05, 0) is 30.3 Å². The molecule has 3 rings (SSSR count). The number of carbonyl (C=O) groups excluding carboxylic acids is 2. The van der Waals surface area contributed by atoms with E-state index < -0.39 is 0 Å². The van der Waals surface area contributed by atoms with Crippen LogP contribution in [-0.2, 0) is 11.8 Å². The fraction of sp³-hybridized carbons (Fsp3) is 0.125. The van der Waals surface area contributed by atoms with Gasteiger partial charge in [-0.1, -0.05) is 11.6 Å². The predicted octanol–water partition coefficient (Wildman–Crippen LogP) is 3.35. The van der Waals surface area contributed by atoms with Gasteiger partial charge in [0.05, 0.1) is 17.1 Å². The number of rotatable bonds is 3. The lowest BCUT2D eigenvalue weighted by atomic mass is 10.1. The summed E-state index contributed by atoms with van der Waals surface area (Å²) in [6, 6.07) is 8.69. The lowest BCUT2D eigenvalue weighted by molar-refractivity contribution is -0.114. The molecule has 1 amide bonds. The molecule has 0 saturated carbocycles. The van der Waals surface area contributed by atoms with Crippen LogP contribution in [0.15, 0.2) is 36.5 Å². The molecule has 6 heteroatoms. The summed E-state index contributed by atoms with van der Waals surface area (Å²) in [5.41, 5.74) is 2.32. The molecule has 0 spiro atoms. The average Bonchev–Trinajstić information content (AvgIpc) is 3.03. The van der Waals surface area contributed by atoms with Crippen molar-refractivity contribution in [3.8, 4) is 0 Å². The molecule has 112 valence electrons. The molecule has 5 nitrogen and oxygen atoms in total. The Labute approximate surface area is 131 Å². The monoisotopic (exact) mass is 315 g/mol. The molecular formula is C16H14ClN3O2. The molecule has 0 aliphatic rings. The van der Waals surface area contributed by atoms with Crippen molar-refractivity contribution in [1.29, 1.82) is 0 Å². The van der Waals surface area contributed by atoms with Crippen molar-refractivity contribution in [3.05, 3.63) is 52.9 Å². The Hall–Kier alpha value is -2.53. The lowest BCUT2D eigenvalue weighted by Crippen LogP contribution is -2.07. The van der Waals surface area contributed by atoms with Crippen LogP contribution in [0.4, 0.5) is 5.69 Å². The maximum atomic E-state index is 12.5. The summed E-state index contributed by atoms with van der Waals surface area (Å²) < 4.78 is 1.76. The van der Waals surface area contributed by atoms with Gasteiger partial charge in [-0.15, -0.1) is 0 Å². The molecule has 3 aromatic rings. The highest BCUT2D eigenvalue weighted by Gasteiger charge is 2.16. The second kappa shape index (κ2) is 5.35. The quantitative estimate of drug-likeness (QED) is 0.728. The Morgan fingerprint density at radius 2 is 2.05 bits per heavy atom. The molecule has 0 saturated heterocycles. The van der Waals surface area contributed by atoms with E-state index in [2.05, 4.69) is 10.3 Å². The van der Waals surface area contributed by atoms with Crippen LogP contribution in [0, 0.1) is 0 Å². The van der Waals surface area contributed by atoms with E-state index in [1.165, 1.54) is 6.92 Å². The van der Waals surface area contributed by atoms with Gasteiger partial charge in [-0.25, -0.2) is 0 Å². The van der Waals surface area contributed by atoms with Crippen molar-refractivity contribution in [2.24, 2.45) is 7.05 Å². The van der Waals surface area contributed by atoms with Crippen LogP contribution in [-0.4, -0.2) is 21.2 Å². The first-order chi connectivity index (χ1) is 10.5. The Morgan fingerprint density at radius 3 is 2.68 bits per heavy atom. The van der Waals surface area contributed by atoms with Crippen LogP contribution < -0.4 is 5.32 Å². The Morgan fingerprint density at radius 1 is 1.27 bits per heavy atom. The SMILES string of the molecule is CC(=O)Nc1cc(Cl)cc2[nH]c(C(=O)c3cccn3C)cc12. The molecule has 0 radical (unpaired) electrons. The first-order valence-corrected chi connectivity index (χ1v) is 7.09. The van der Waals surface area contributed by atoms with E-state index in [0.717, 1.165) is 5.39 Å². The normalized spacial score (nSPS) is 10.9. The number of hydrogen-bond acceptors (Lipinski definition) is 2. The van der Waals surface area contributed by atoms with E-state index in [4.69, 9.17) is 11.6 Å². The van der Waals surface area contributed by atoms with Gasteiger partial charge < -0.3 is 14.9 Å². The maximum absolute atomic E-state index is 12.5. The summed E-state index contributed by atoms with van der Waals surface area (Å²) in [6.07, 6.45) is 1.81. The summed E-state index contributed by atoms with van der Waals surface area (Å²) in [5, 5.41) is 3.96. The van der Waals surface area contributed by atoms with Gasteiger partial charge in [0.1, 0.15) is 0 Å². The zero-order chi connectivity index (χ0) is 15.9. The standard InChI is InChI=1S/C16H14ClN3O2/c1-9(21)18-12-6-10(17)7-13-11(12)8-14(19-13)16(22)15-4-3-5-20(15)2/h3-8,19H,1-2H3,(H,18,21). The smallest absolute Gasteiger partial charge is 0.225 e. The van der Waals surface area contributed by atoms with Gasteiger partial charge in [0.25, 0.3) is 0 Å². The van der Waals surface area contributed by atoms with Crippen LogP contribution in [0.2, 0.25) is 5.02 Å². The first kappa shape index (κ1) is 14.4. The number of aromatic nitrogens is 2. The Bertz CT molecular complexity index is 892. The average molecular weight is 316 g/mol. The van der Waals surface area contributed by atoms with Crippen LogP contribution in [0.25, 0.3) is 10.9 Å². The van der Waals surface area contributed by atoms with E-state index >= 15 is 0 Å². The minimum Gasteiger partial charge on any atom is -0.352 e. The number of aryl methyl sites for hydroxylation is 1. The van der Waals surface area contributed by atoms with Crippen LogP contribution >= 0.6 is 11.6 Å². The number of H-pyrrole nitrogens is 1. The third-order valence-corrected chi connectivity index (χ3v) is 3.65. The number of carbonyl (C=O) groups is 2. The minimum atomic E-state index is -0.194. The van der Waals surface area contributed by atoms with Crippen LogP contribution in [0.3, 0.4) is 0 Å². The number of nitrogens with zero attached hydrogens (tertiary/aromatic N) is 1. The van der Waals surface area contributed by atoms with Crippen molar-refractivity contribution in [2.45, 2.75) is 6.92 Å². The number of amides is 1. The number of ketones is 1. The topological polar surface area (TPSA) is 66.9 Å². The summed E-state index contributed by atoms with van der Waals surface area (Å²) in [7, 11) is 1.81. The Balaban J connectivity index is 2.11. The zero-order valence-electron chi connectivity index (χ0n) is 12.1. The molecule has 0 fully saturated rings. The molecule has 2 aromatic heterocycles. The second-order valence-electron chi connectivity index (χ2n) is 5.11.